The monoisotopic (exact) mass is 272 g/mol. The number of unbranched alkanes of at least 4 members (excludes halogenated alkanes) is 1. The molecule has 0 aliphatic heterocycles. The Morgan fingerprint density at radius 1 is 1.40 bits per heavy atom. The smallest absolute Gasteiger partial charge is 0.138 e. The van der Waals surface area contributed by atoms with Gasteiger partial charge in [-0.05, 0) is 47.9 Å². The third kappa shape index (κ3) is 5.74. The summed E-state index contributed by atoms with van der Waals surface area (Å²) in [5.41, 5.74) is 0. The van der Waals surface area contributed by atoms with Gasteiger partial charge in [0.15, 0.2) is 0 Å². The van der Waals surface area contributed by atoms with Crippen molar-refractivity contribution < 1.29 is 4.74 Å². The Balaban J connectivity index is 2.10. The molecule has 1 heterocycles. The maximum absolute atomic E-state index is 5.55. The largest absolute Gasteiger partial charge is 0.492 e. The Hall–Kier alpha value is -0.610. The molecule has 1 rings (SSSR count). The third-order valence-corrected chi connectivity index (χ3v) is 2.38. The zero-order valence-electron chi connectivity index (χ0n) is 9.00. The Labute approximate surface area is 99.4 Å². The molecular weight excluding hydrogens is 256 g/mol. The maximum Gasteiger partial charge on any atom is 0.138 e. The molecule has 0 aromatic carbocycles. The van der Waals surface area contributed by atoms with E-state index in [4.69, 9.17) is 4.74 Å². The Bertz CT molecular complexity index is 281. The van der Waals surface area contributed by atoms with Crippen LogP contribution in [-0.2, 0) is 0 Å². The highest BCUT2D eigenvalue weighted by atomic mass is 79.9. The molecule has 4 heteroatoms. The van der Waals surface area contributed by atoms with Crippen molar-refractivity contribution in [3.05, 3.63) is 22.9 Å². The Kier molecular flexibility index (Phi) is 6.36. The van der Waals surface area contributed by atoms with Gasteiger partial charge in [0.05, 0.1) is 12.8 Å². The first-order chi connectivity index (χ1) is 7.33. The number of hydrogen-bond acceptors (Lipinski definition) is 3. The number of rotatable bonds is 7. The van der Waals surface area contributed by atoms with Crippen LogP contribution in [0, 0.1) is 0 Å². The van der Waals surface area contributed by atoms with E-state index in [2.05, 4.69) is 33.2 Å². The quantitative estimate of drug-likeness (QED) is 0.775. The predicted molar refractivity (Wildman–Crippen MR) is 65.2 cm³/mol. The van der Waals surface area contributed by atoms with Gasteiger partial charge < -0.3 is 10.1 Å². The molecule has 0 unspecified atom stereocenters. The molecular formula is C11H17BrN2O. The summed E-state index contributed by atoms with van der Waals surface area (Å²) in [5.74, 6) is 0.827. The second-order valence-electron chi connectivity index (χ2n) is 3.25. The third-order valence-electron chi connectivity index (χ3n) is 1.95. The SMILES string of the molecule is CCNCCCCOc1cncc(Br)c1. The van der Waals surface area contributed by atoms with E-state index in [1.54, 1.807) is 12.4 Å². The highest BCUT2D eigenvalue weighted by Gasteiger charge is 1.95. The number of pyridine rings is 1. The number of ether oxygens (including phenoxy) is 1. The first-order valence-corrected chi connectivity index (χ1v) is 6.06. The van der Waals surface area contributed by atoms with Crippen molar-refractivity contribution in [3.8, 4) is 5.75 Å². The van der Waals surface area contributed by atoms with Gasteiger partial charge in [-0.25, -0.2) is 0 Å². The van der Waals surface area contributed by atoms with Crippen molar-refractivity contribution in [2.24, 2.45) is 0 Å². The van der Waals surface area contributed by atoms with E-state index in [0.29, 0.717) is 0 Å². The summed E-state index contributed by atoms with van der Waals surface area (Å²) < 4.78 is 6.50. The lowest BCUT2D eigenvalue weighted by molar-refractivity contribution is 0.304. The van der Waals surface area contributed by atoms with Gasteiger partial charge in [0.25, 0.3) is 0 Å². The molecule has 0 saturated carbocycles. The molecule has 0 radical (unpaired) electrons. The zero-order chi connectivity index (χ0) is 10.9. The van der Waals surface area contributed by atoms with Gasteiger partial charge in [-0.1, -0.05) is 6.92 Å². The van der Waals surface area contributed by atoms with Gasteiger partial charge >= 0.3 is 0 Å². The fraction of sp³-hybridized carbons (Fsp3) is 0.545. The molecule has 0 aliphatic rings. The predicted octanol–water partition coefficient (Wildman–Crippen LogP) is 2.61. The first kappa shape index (κ1) is 12.5. The van der Waals surface area contributed by atoms with Crippen LogP contribution in [0.1, 0.15) is 19.8 Å². The van der Waals surface area contributed by atoms with Crippen molar-refractivity contribution in [1.29, 1.82) is 0 Å². The zero-order valence-corrected chi connectivity index (χ0v) is 10.6. The minimum Gasteiger partial charge on any atom is -0.492 e. The maximum atomic E-state index is 5.55. The van der Waals surface area contributed by atoms with Gasteiger partial charge in [-0.15, -0.1) is 0 Å². The number of halogens is 1. The van der Waals surface area contributed by atoms with E-state index in [-0.39, 0.29) is 0 Å². The number of aromatic nitrogens is 1. The van der Waals surface area contributed by atoms with Crippen LogP contribution in [0.15, 0.2) is 22.9 Å². The number of nitrogens with zero attached hydrogens (tertiary/aromatic N) is 1. The highest BCUT2D eigenvalue weighted by molar-refractivity contribution is 9.10. The average molecular weight is 273 g/mol. The highest BCUT2D eigenvalue weighted by Crippen LogP contribution is 2.15. The van der Waals surface area contributed by atoms with Crippen molar-refractivity contribution in [2.45, 2.75) is 19.8 Å². The second-order valence-corrected chi connectivity index (χ2v) is 4.16. The molecule has 0 aliphatic carbocycles. The fourth-order valence-corrected chi connectivity index (χ4v) is 1.53. The van der Waals surface area contributed by atoms with Crippen molar-refractivity contribution >= 4 is 15.9 Å². The average Bonchev–Trinajstić information content (AvgIpc) is 2.23. The molecule has 15 heavy (non-hydrogen) atoms. The summed E-state index contributed by atoms with van der Waals surface area (Å²) in [6.45, 7) is 4.97. The fourth-order valence-electron chi connectivity index (χ4n) is 1.19. The number of nitrogens with one attached hydrogen (secondary N) is 1. The van der Waals surface area contributed by atoms with Crippen LogP contribution in [0.4, 0.5) is 0 Å². The summed E-state index contributed by atoms with van der Waals surface area (Å²) in [5, 5.41) is 3.28. The van der Waals surface area contributed by atoms with E-state index < -0.39 is 0 Å². The van der Waals surface area contributed by atoms with Gasteiger partial charge in [0, 0.05) is 10.7 Å². The standard InChI is InChI=1S/C11H17BrN2O/c1-2-13-5-3-4-6-15-11-7-10(12)8-14-9-11/h7-9,13H,2-6H2,1H3. The molecule has 1 aromatic rings. The van der Waals surface area contributed by atoms with E-state index >= 15 is 0 Å². The second kappa shape index (κ2) is 7.65. The van der Waals surface area contributed by atoms with Gasteiger partial charge in [0.1, 0.15) is 5.75 Å². The molecule has 1 aromatic heterocycles. The van der Waals surface area contributed by atoms with Crippen LogP contribution in [0.3, 0.4) is 0 Å². The van der Waals surface area contributed by atoms with Gasteiger partial charge in [-0.3, -0.25) is 4.98 Å². The van der Waals surface area contributed by atoms with Crippen LogP contribution >= 0.6 is 15.9 Å². The molecule has 84 valence electrons. The molecule has 3 nitrogen and oxygen atoms in total. The normalized spacial score (nSPS) is 10.3. The Morgan fingerprint density at radius 3 is 3.00 bits per heavy atom. The van der Waals surface area contributed by atoms with Crippen molar-refractivity contribution in [3.63, 3.8) is 0 Å². The summed E-state index contributed by atoms with van der Waals surface area (Å²) in [7, 11) is 0. The Morgan fingerprint density at radius 2 is 2.27 bits per heavy atom. The van der Waals surface area contributed by atoms with Gasteiger partial charge in [-0.2, -0.15) is 0 Å². The summed E-state index contributed by atoms with van der Waals surface area (Å²) >= 11 is 3.35. The van der Waals surface area contributed by atoms with Crippen LogP contribution in [-0.4, -0.2) is 24.7 Å². The molecule has 0 amide bonds. The minimum atomic E-state index is 0.753. The summed E-state index contributed by atoms with van der Waals surface area (Å²) in [4.78, 5) is 4.03. The van der Waals surface area contributed by atoms with E-state index in [1.165, 1.54) is 0 Å². The first-order valence-electron chi connectivity index (χ1n) is 5.27. The van der Waals surface area contributed by atoms with Crippen LogP contribution in [0.5, 0.6) is 5.75 Å². The van der Waals surface area contributed by atoms with Crippen LogP contribution in [0.25, 0.3) is 0 Å². The van der Waals surface area contributed by atoms with E-state index in [1.807, 2.05) is 6.07 Å². The lowest BCUT2D eigenvalue weighted by atomic mass is 10.3. The minimum absolute atomic E-state index is 0.753. The van der Waals surface area contributed by atoms with E-state index in [0.717, 1.165) is 42.8 Å². The number of hydrogen-bond donors (Lipinski definition) is 1. The molecule has 0 bridgehead atoms. The molecule has 0 saturated heterocycles. The van der Waals surface area contributed by atoms with E-state index in [9.17, 15) is 0 Å². The van der Waals surface area contributed by atoms with Gasteiger partial charge in [0.2, 0.25) is 0 Å². The van der Waals surface area contributed by atoms with Crippen molar-refractivity contribution in [2.75, 3.05) is 19.7 Å². The topological polar surface area (TPSA) is 34.1 Å². The summed E-state index contributed by atoms with van der Waals surface area (Å²) in [6, 6.07) is 1.93. The van der Waals surface area contributed by atoms with Crippen LogP contribution < -0.4 is 10.1 Å². The van der Waals surface area contributed by atoms with Crippen molar-refractivity contribution in [1.82, 2.24) is 10.3 Å². The summed E-state index contributed by atoms with van der Waals surface area (Å²) in [6.07, 6.45) is 5.70. The van der Waals surface area contributed by atoms with Crippen LogP contribution in [0.2, 0.25) is 0 Å². The lowest BCUT2D eigenvalue weighted by Gasteiger charge is -2.05. The lowest BCUT2D eigenvalue weighted by Crippen LogP contribution is -2.14. The molecule has 1 N–H and O–H groups in total. The molecule has 0 fully saturated rings. The molecule has 0 atom stereocenters. The molecule has 0 spiro atoms.